The van der Waals surface area contributed by atoms with Gasteiger partial charge in [-0.15, -0.1) is 0 Å². The Bertz CT molecular complexity index is 1010. The predicted molar refractivity (Wildman–Crippen MR) is 163 cm³/mol. The van der Waals surface area contributed by atoms with Crippen LogP contribution in [0.4, 0.5) is 0 Å². The van der Waals surface area contributed by atoms with Gasteiger partial charge in [-0.1, -0.05) is 51.0 Å². The zero-order valence-corrected chi connectivity index (χ0v) is 26.4. The van der Waals surface area contributed by atoms with Crippen LogP contribution in [0, 0.1) is 30.9 Å². The van der Waals surface area contributed by atoms with Gasteiger partial charge in [0.05, 0.1) is 4.92 Å². The summed E-state index contributed by atoms with van der Waals surface area (Å²) in [6.45, 7) is 24.1. The summed E-state index contributed by atoms with van der Waals surface area (Å²) < 4.78 is 6.52. The molecule has 0 bridgehead atoms. The molecule has 0 saturated heterocycles. The van der Waals surface area contributed by atoms with Crippen LogP contribution in [-0.2, 0) is 6.42 Å². The maximum absolute atomic E-state index is 11.6. The minimum atomic E-state index is -0.252. The molecular formula is C33H55NO4. The Morgan fingerprint density at radius 3 is 2.11 bits per heavy atom. The van der Waals surface area contributed by atoms with Crippen molar-refractivity contribution in [2.75, 3.05) is 0 Å². The molecule has 1 aliphatic heterocycles. The highest BCUT2D eigenvalue weighted by atomic mass is 16.6. The molecule has 0 fully saturated rings. The Hall–Kier alpha value is -2.56. The van der Waals surface area contributed by atoms with Crippen molar-refractivity contribution in [2.45, 2.75) is 140 Å². The van der Waals surface area contributed by atoms with Crippen LogP contribution in [0.1, 0.15) is 130 Å². The number of hydrogen-bond donors (Lipinski definition) is 1. The minimum Gasteiger partial charge on any atom is -0.507 e. The number of rotatable bonds is 10. The van der Waals surface area contributed by atoms with Crippen molar-refractivity contribution in [3.8, 4) is 11.5 Å². The lowest BCUT2D eigenvalue weighted by Crippen LogP contribution is -2.37. The van der Waals surface area contributed by atoms with Gasteiger partial charge in [-0.25, -0.2) is 0 Å². The lowest BCUT2D eigenvalue weighted by atomic mass is 9.85. The van der Waals surface area contributed by atoms with E-state index in [1.807, 2.05) is 69.2 Å². The van der Waals surface area contributed by atoms with Gasteiger partial charge in [0.2, 0.25) is 5.70 Å². The Morgan fingerprint density at radius 2 is 1.55 bits per heavy atom. The average Bonchev–Trinajstić information content (AvgIpc) is 2.88. The van der Waals surface area contributed by atoms with E-state index >= 15 is 0 Å². The summed E-state index contributed by atoms with van der Waals surface area (Å²) in [6.07, 6.45) is 10.7. The molecular weight excluding hydrogens is 474 g/mol. The van der Waals surface area contributed by atoms with Crippen molar-refractivity contribution < 1.29 is 14.8 Å². The molecule has 2 rings (SSSR count). The Labute approximate surface area is 233 Å². The Balaban J connectivity index is 0.00000326. The van der Waals surface area contributed by atoms with Crippen LogP contribution in [0.3, 0.4) is 0 Å². The molecule has 5 nitrogen and oxygen atoms in total. The van der Waals surface area contributed by atoms with Crippen LogP contribution in [-0.4, -0.2) is 15.6 Å². The molecule has 0 spiro atoms. The van der Waals surface area contributed by atoms with E-state index in [2.05, 4.69) is 26.0 Å². The molecule has 1 aliphatic rings. The lowest BCUT2D eigenvalue weighted by molar-refractivity contribution is -0.429. The fourth-order valence-electron chi connectivity index (χ4n) is 4.69. The van der Waals surface area contributed by atoms with Gasteiger partial charge in [0.15, 0.2) is 0 Å². The molecule has 1 atom stereocenters. The number of allylic oxidation sites excluding steroid dienone is 6. The first-order valence-electron chi connectivity index (χ1n) is 14.5. The van der Waals surface area contributed by atoms with Gasteiger partial charge in [-0.3, -0.25) is 10.1 Å². The fraction of sp³-hybridized carbons (Fsp3) is 0.636. The maximum atomic E-state index is 11.6. The number of benzene rings is 1. The summed E-state index contributed by atoms with van der Waals surface area (Å²) in [6, 6.07) is 0. The number of fused-ring (bicyclic) bond motifs is 1. The van der Waals surface area contributed by atoms with Crippen LogP contribution < -0.4 is 4.74 Å². The average molecular weight is 530 g/mol. The molecule has 38 heavy (non-hydrogen) atoms. The molecule has 1 aromatic rings. The first kappa shape index (κ1) is 35.4. The number of hydrogen-bond acceptors (Lipinski definition) is 4. The number of nitro groups is 1. The first-order valence-corrected chi connectivity index (χ1v) is 14.5. The summed E-state index contributed by atoms with van der Waals surface area (Å²) in [7, 11) is 0. The van der Waals surface area contributed by atoms with E-state index in [0.29, 0.717) is 24.3 Å². The van der Waals surface area contributed by atoms with Gasteiger partial charge in [0, 0.05) is 17.6 Å². The van der Waals surface area contributed by atoms with Gasteiger partial charge in [-0.05, 0) is 117 Å². The SMILES string of the molecule is CC.CC.CC(C)=CCC/C(C)=C(/CC/C(C)=C/CCC1(C)CCc2c(C)c(O)c(C)c(C)c2O1)[N+](=O)[O-]. The van der Waals surface area contributed by atoms with Crippen molar-refractivity contribution in [1.82, 2.24) is 0 Å². The summed E-state index contributed by atoms with van der Waals surface area (Å²) in [5.74, 6) is 1.32. The third-order valence-corrected chi connectivity index (χ3v) is 7.30. The second kappa shape index (κ2) is 17.1. The van der Waals surface area contributed by atoms with Crippen molar-refractivity contribution in [2.24, 2.45) is 0 Å². The van der Waals surface area contributed by atoms with Gasteiger partial charge in [0.1, 0.15) is 17.1 Å². The number of nitrogens with zero attached hydrogens (tertiary/aromatic N) is 1. The molecule has 1 aromatic carbocycles. The lowest BCUT2D eigenvalue weighted by Gasteiger charge is -2.38. The molecule has 0 aliphatic carbocycles. The number of phenols is 1. The summed E-state index contributed by atoms with van der Waals surface area (Å²) in [5.41, 5.74) is 7.39. The summed E-state index contributed by atoms with van der Waals surface area (Å²) >= 11 is 0. The zero-order chi connectivity index (χ0) is 29.6. The van der Waals surface area contributed by atoms with Crippen molar-refractivity contribution >= 4 is 0 Å². The van der Waals surface area contributed by atoms with Crippen molar-refractivity contribution in [1.29, 1.82) is 0 Å². The predicted octanol–water partition coefficient (Wildman–Crippen LogP) is 10.3. The van der Waals surface area contributed by atoms with Crippen LogP contribution in [0.15, 0.2) is 34.6 Å². The second-order valence-corrected chi connectivity index (χ2v) is 10.5. The van der Waals surface area contributed by atoms with E-state index in [0.717, 1.165) is 72.1 Å². The monoisotopic (exact) mass is 529 g/mol. The molecule has 216 valence electrons. The Kier molecular flexibility index (Phi) is 16.0. The van der Waals surface area contributed by atoms with Crippen molar-refractivity contribution in [3.05, 3.63) is 66.9 Å². The molecule has 0 amide bonds. The number of aromatic hydroxyl groups is 1. The number of phenolic OH excluding ortho intramolecular Hbond substituents is 1. The summed E-state index contributed by atoms with van der Waals surface area (Å²) in [5, 5.41) is 22.0. The minimum absolute atomic E-state index is 0.205. The second-order valence-electron chi connectivity index (χ2n) is 10.5. The largest absolute Gasteiger partial charge is 0.507 e. The van der Waals surface area contributed by atoms with E-state index in [1.165, 1.54) is 11.1 Å². The molecule has 1 unspecified atom stereocenters. The fourth-order valence-corrected chi connectivity index (χ4v) is 4.69. The van der Waals surface area contributed by atoms with Crippen LogP contribution in [0.25, 0.3) is 0 Å². The zero-order valence-electron chi connectivity index (χ0n) is 26.4. The molecule has 1 heterocycles. The third kappa shape index (κ3) is 10.3. The molecule has 0 aromatic heterocycles. The maximum Gasteiger partial charge on any atom is 0.245 e. The molecule has 1 N–H and O–H groups in total. The third-order valence-electron chi connectivity index (χ3n) is 7.30. The molecule has 0 saturated carbocycles. The van der Waals surface area contributed by atoms with E-state index < -0.39 is 0 Å². The molecule has 0 radical (unpaired) electrons. The van der Waals surface area contributed by atoms with Crippen LogP contribution >= 0.6 is 0 Å². The highest BCUT2D eigenvalue weighted by Gasteiger charge is 2.34. The van der Waals surface area contributed by atoms with E-state index in [-0.39, 0.29) is 10.5 Å². The normalized spacial score (nSPS) is 17.0. The quantitative estimate of drug-likeness (QED) is 0.186. The first-order chi connectivity index (χ1) is 17.9. The highest BCUT2D eigenvalue weighted by Crippen LogP contribution is 2.44. The van der Waals surface area contributed by atoms with Crippen LogP contribution in [0.5, 0.6) is 11.5 Å². The van der Waals surface area contributed by atoms with E-state index in [4.69, 9.17) is 4.74 Å². The van der Waals surface area contributed by atoms with Gasteiger partial charge in [0.25, 0.3) is 0 Å². The molecule has 5 heteroatoms. The topological polar surface area (TPSA) is 72.6 Å². The van der Waals surface area contributed by atoms with Gasteiger partial charge in [-0.2, -0.15) is 0 Å². The smallest absolute Gasteiger partial charge is 0.245 e. The van der Waals surface area contributed by atoms with Gasteiger partial charge < -0.3 is 9.84 Å². The van der Waals surface area contributed by atoms with E-state index in [9.17, 15) is 15.2 Å². The van der Waals surface area contributed by atoms with Crippen molar-refractivity contribution in [3.63, 3.8) is 0 Å². The van der Waals surface area contributed by atoms with Crippen LogP contribution in [0.2, 0.25) is 0 Å². The summed E-state index contributed by atoms with van der Waals surface area (Å²) in [4.78, 5) is 11.4. The van der Waals surface area contributed by atoms with Gasteiger partial charge >= 0.3 is 0 Å². The number of ether oxygens (including phenoxy) is 1. The standard InChI is InChI=1S/C29H43NO4.2C2H6/c1-19(2)11-9-13-21(4)26(30(32)33)15-14-20(3)12-10-17-29(8)18-16-25-24(7)27(31)22(5)23(6)28(25)34-29;2*1-2/h11-12,31H,9-10,13-18H2,1-8H3;2*1-2H3/b20-12+,26-21-;;. The Morgan fingerprint density at radius 1 is 0.947 bits per heavy atom. The highest BCUT2D eigenvalue weighted by molar-refractivity contribution is 5.58. The van der Waals surface area contributed by atoms with E-state index in [1.54, 1.807) is 0 Å².